The maximum Gasteiger partial charge on any atom is 0.225 e. The second-order valence-corrected chi connectivity index (χ2v) is 6.08. The molecular formula is C17H19F3N4. The number of hydrogen-bond acceptors (Lipinski definition) is 4. The lowest BCUT2D eigenvalue weighted by Gasteiger charge is -2.14. The lowest BCUT2D eigenvalue weighted by molar-refractivity contribution is 0.449. The molecule has 1 fully saturated rings. The molecule has 3 rings (SSSR count). The minimum Gasteiger partial charge on any atom is -0.352 e. The van der Waals surface area contributed by atoms with Gasteiger partial charge in [-0.3, -0.25) is 0 Å². The maximum absolute atomic E-state index is 13.8. The van der Waals surface area contributed by atoms with Crippen molar-refractivity contribution in [1.29, 1.82) is 0 Å². The van der Waals surface area contributed by atoms with Crippen LogP contribution in [0.1, 0.15) is 44.7 Å². The van der Waals surface area contributed by atoms with Gasteiger partial charge in [-0.05, 0) is 38.3 Å². The van der Waals surface area contributed by atoms with Gasteiger partial charge in [0.15, 0.2) is 17.5 Å². The fourth-order valence-corrected chi connectivity index (χ4v) is 2.27. The Kier molecular flexibility index (Phi) is 4.59. The summed E-state index contributed by atoms with van der Waals surface area (Å²) >= 11 is 0. The summed E-state index contributed by atoms with van der Waals surface area (Å²) in [5.74, 6) is -2.83. The van der Waals surface area contributed by atoms with Crippen molar-refractivity contribution in [2.75, 3.05) is 10.6 Å². The van der Waals surface area contributed by atoms with Crippen molar-refractivity contribution in [3.63, 3.8) is 0 Å². The van der Waals surface area contributed by atoms with Gasteiger partial charge in [-0.25, -0.2) is 18.2 Å². The van der Waals surface area contributed by atoms with Gasteiger partial charge in [0.2, 0.25) is 5.95 Å². The Hall–Kier alpha value is -2.31. The first-order chi connectivity index (χ1) is 11.5. The third-order valence-electron chi connectivity index (χ3n) is 4.03. The van der Waals surface area contributed by atoms with Crippen molar-refractivity contribution < 1.29 is 13.2 Å². The topological polar surface area (TPSA) is 49.8 Å². The Labute approximate surface area is 138 Å². The average molecular weight is 336 g/mol. The molecule has 1 saturated carbocycles. The summed E-state index contributed by atoms with van der Waals surface area (Å²) in [5.41, 5.74) is 0.699. The normalized spacial score (nSPS) is 15.2. The number of nitrogens with zero attached hydrogens (tertiary/aromatic N) is 2. The molecule has 1 heterocycles. The highest BCUT2D eigenvalue weighted by atomic mass is 19.2. The van der Waals surface area contributed by atoms with Crippen LogP contribution < -0.4 is 10.6 Å². The maximum atomic E-state index is 13.8. The fourth-order valence-electron chi connectivity index (χ4n) is 2.27. The number of hydrogen-bond donors (Lipinski definition) is 2. The number of aromatic nitrogens is 2. The standard InChI is InChI=1S/C17H19F3N4/c1-3-9(2)21-17-23-13(10-4-5-10)8-14(24-17)22-12-7-6-11(18)15(19)16(12)20/h6-10H,3-5H2,1-2H3,(H2,21,22,23,24)/t9-/m1/s1. The quantitative estimate of drug-likeness (QED) is 0.749. The lowest BCUT2D eigenvalue weighted by atomic mass is 10.2. The SMILES string of the molecule is CC[C@@H](C)Nc1nc(Nc2ccc(F)c(F)c2F)cc(C2CC2)n1. The molecule has 0 bridgehead atoms. The van der Waals surface area contributed by atoms with Gasteiger partial charge in [0.05, 0.1) is 11.4 Å². The average Bonchev–Trinajstić information content (AvgIpc) is 3.40. The Morgan fingerprint density at radius 2 is 1.92 bits per heavy atom. The summed E-state index contributed by atoms with van der Waals surface area (Å²) in [5, 5.41) is 5.91. The van der Waals surface area contributed by atoms with Crippen LogP contribution >= 0.6 is 0 Å². The van der Waals surface area contributed by atoms with Crippen molar-refractivity contribution in [3.05, 3.63) is 41.3 Å². The van der Waals surface area contributed by atoms with Crippen LogP contribution in [0.25, 0.3) is 0 Å². The molecule has 1 aliphatic rings. The van der Waals surface area contributed by atoms with Crippen LogP contribution in [0.4, 0.5) is 30.6 Å². The molecule has 4 nitrogen and oxygen atoms in total. The number of rotatable bonds is 6. The summed E-state index contributed by atoms with van der Waals surface area (Å²) in [4.78, 5) is 8.79. The Bertz CT molecular complexity index is 747. The van der Waals surface area contributed by atoms with Gasteiger partial charge < -0.3 is 10.6 Å². The zero-order valence-corrected chi connectivity index (χ0v) is 13.5. The highest BCUT2D eigenvalue weighted by molar-refractivity contribution is 5.59. The van der Waals surface area contributed by atoms with E-state index in [0.717, 1.165) is 37.1 Å². The molecule has 0 saturated heterocycles. The molecule has 24 heavy (non-hydrogen) atoms. The Morgan fingerprint density at radius 3 is 2.58 bits per heavy atom. The molecule has 1 aliphatic carbocycles. The van der Waals surface area contributed by atoms with E-state index in [2.05, 4.69) is 20.6 Å². The molecule has 0 aliphatic heterocycles. The molecule has 2 N–H and O–H groups in total. The van der Waals surface area contributed by atoms with Gasteiger partial charge in [-0.15, -0.1) is 0 Å². The van der Waals surface area contributed by atoms with Crippen LogP contribution in [0.2, 0.25) is 0 Å². The first-order valence-corrected chi connectivity index (χ1v) is 8.04. The van der Waals surface area contributed by atoms with Gasteiger partial charge in [0.25, 0.3) is 0 Å². The molecule has 0 spiro atoms. The molecular weight excluding hydrogens is 317 g/mol. The van der Waals surface area contributed by atoms with Gasteiger partial charge in [-0.2, -0.15) is 4.98 Å². The van der Waals surface area contributed by atoms with Crippen molar-refractivity contribution in [1.82, 2.24) is 9.97 Å². The summed E-state index contributed by atoms with van der Waals surface area (Å²) in [6.07, 6.45) is 3.01. The van der Waals surface area contributed by atoms with Gasteiger partial charge >= 0.3 is 0 Å². The zero-order valence-electron chi connectivity index (χ0n) is 13.5. The molecule has 2 aromatic rings. The Morgan fingerprint density at radius 1 is 1.17 bits per heavy atom. The minimum absolute atomic E-state index is 0.163. The number of nitrogens with one attached hydrogen (secondary N) is 2. The third-order valence-corrected chi connectivity index (χ3v) is 4.03. The smallest absolute Gasteiger partial charge is 0.225 e. The molecule has 128 valence electrons. The molecule has 0 amide bonds. The van der Waals surface area contributed by atoms with E-state index < -0.39 is 17.5 Å². The lowest BCUT2D eigenvalue weighted by Crippen LogP contribution is -2.16. The minimum atomic E-state index is -1.51. The van der Waals surface area contributed by atoms with E-state index in [1.807, 2.05) is 13.8 Å². The summed E-state index contributed by atoms with van der Waals surface area (Å²) in [6.45, 7) is 4.05. The number of anilines is 3. The highest BCUT2D eigenvalue weighted by Gasteiger charge is 2.26. The van der Waals surface area contributed by atoms with Crippen molar-refractivity contribution >= 4 is 17.5 Å². The molecule has 0 radical (unpaired) electrons. The van der Waals surface area contributed by atoms with E-state index in [4.69, 9.17) is 0 Å². The van der Waals surface area contributed by atoms with E-state index in [-0.39, 0.29) is 11.7 Å². The first kappa shape index (κ1) is 16.5. The van der Waals surface area contributed by atoms with Crippen LogP contribution in [0.15, 0.2) is 18.2 Å². The van der Waals surface area contributed by atoms with Crippen LogP contribution in [-0.4, -0.2) is 16.0 Å². The molecule has 7 heteroatoms. The third kappa shape index (κ3) is 3.60. The van der Waals surface area contributed by atoms with Crippen LogP contribution in [-0.2, 0) is 0 Å². The number of benzene rings is 1. The summed E-state index contributed by atoms with van der Waals surface area (Å²) in [6, 6.07) is 3.93. The van der Waals surface area contributed by atoms with Gasteiger partial charge in [0, 0.05) is 18.0 Å². The zero-order chi connectivity index (χ0) is 17.3. The van der Waals surface area contributed by atoms with Gasteiger partial charge in [0.1, 0.15) is 5.82 Å². The monoisotopic (exact) mass is 336 g/mol. The predicted molar refractivity (Wildman–Crippen MR) is 87.0 cm³/mol. The van der Waals surface area contributed by atoms with Crippen LogP contribution in [0.5, 0.6) is 0 Å². The van der Waals surface area contributed by atoms with Crippen LogP contribution in [0, 0.1) is 17.5 Å². The van der Waals surface area contributed by atoms with Crippen molar-refractivity contribution in [3.8, 4) is 0 Å². The van der Waals surface area contributed by atoms with E-state index >= 15 is 0 Å². The highest BCUT2D eigenvalue weighted by Crippen LogP contribution is 2.40. The summed E-state index contributed by atoms with van der Waals surface area (Å²) in [7, 11) is 0. The van der Waals surface area contributed by atoms with E-state index in [0.29, 0.717) is 17.7 Å². The molecule has 1 aromatic carbocycles. The predicted octanol–water partition coefficient (Wildman–Crippen LogP) is 4.73. The Balaban J connectivity index is 1.90. The second kappa shape index (κ2) is 6.67. The van der Waals surface area contributed by atoms with E-state index in [1.54, 1.807) is 6.07 Å². The molecule has 1 aromatic heterocycles. The molecule has 0 unspecified atom stereocenters. The first-order valence-electron chi connectivity index (χ1n) is 8.04. The second-order valence-electron chi connectivity index (χ2n) is 6.08. The summed E-state index contributed by atoms with van der Waals surface area (Å²) < 4.78 is 40.3. The van der Waals surface area contributed by atoms with Gasteiger partial charge in [-0.1, -0.05) is 6.92 Å². The van der Waals surface area contributed by atoms with E-state index in [9.17, 15) is 13.2 Å². The molecule has 1 atom stereocenters. The van der Waals surface area contributed by atoms with Crippen molar-refractivity contribution in [2.24, 2.45) is 0 Å². The largest absolute Gasteiger partial charge is 0.352 e. The van der Waals surface area contributed by atoms with Crippen molar-refractivity contribution in [2.45, 2.75) is 45.1 Å². The fraction of sp³-hybridized carbons (Fsp3) is 0.412. The van der Waals surface area contributed by atoms with E-state index in [1.165, 1.54) is 0 Å². The van der Waals surface area contributed by atoms with Crippen LogP contribution in [0.3, 0.4) is 0 Å². The number of halogens is 3.